The van der Waals surface area contributed by atoms with E-state index in [1.807, 2.05) is 12.1 Å². The maximum absolute atomic E-state index is 9.45. The van der Waals surface area contributed by atoms with Crippen molar-refractivity contribution in [1.82, 2.24) is 5.32 Å². The van der Waals surface area contributed by atoms with Gasteiger partial charge in [-0.2, -0.15) is 0 Å². The van der Waals surface area contributed by atoms with Crippen LogP contribution in [0.1, 0.15) is 30.5 Å². The maximum atomic E-state index is 9.45. The Morgan fingerprint density at radius 3 is 3.22 bits per heavy atom. The Kier molecular flexibility index (Phi) is 4.39. The van der Waals surface area contributed by atoms with Crippen molar-refractivity contribution in [2.45, 2.75) is 31.9 Å². The summed E-state index contributed by atoms with van der Waals surface area (Å²) in [6.45, 7) is 7.13. The molecule has 0 saturated carbocycles. The average molecular weight is 247 g/mol. The van der Waals surface area contributed by atoms with Crippen LogP contribution in [0.3, 0.4) is 0 Å². The maximum Gasteiger partial charge on any atom is 0.115 e. The molecule has 98 valence electrons. The molecule has 0 fully saturated rings. The highest BCUT2D eigenvalue weighted by molar-refractivity contribution is 5.39. The summed E-state index contributed by atoms with van der Waals surface area (Å²) in [5.74, 6) is 0.358. The number of rotatable bonds is 6. The molecule has 0 aliphatic heterocycles. The summed E-state index contributed by atoms with van der Waals surface area (Å²) in [6.07, 6.45) is 4.07. The van der Waals surface area contributed by atoms with Gasteiger partial charge in [0.05, 0.1) is 12.7 Å². The third kappa shape index (κ3) is 3.12. The summed E-state index contributed by atoms with van der Waals surface area (Å²) in [4.78, 5) is 0. The van der Waals surface area contributed by atoms with Crippen LogP contribution in [-0.2, 0) is 11.2 Å². The van der Waals surface area contributed by atoms with Crippen molar-refractivity contribution in [2.75, 3.05) is 13.2 Å². The molecule has 2 N–H and O–H groups in total. The summed E-state index contributed by atoms with van der Waals surface area (Å²) >= 11 is 0. The van der Waals surface area contributed by atoms with E-state index in [1.54, 1.807) is 12.1 Å². The first kappa shape index (κ1) is 13.1. The molecule has 0 bridgehead atoms. The van der Waals surface area contributed by atoms with Crippen molar-refractivity contribution in [1.29, 1.82) is 0 Å². The molecule has 3 nitrogen and oxygen atoms in total. The van der Waals surface area contributed by atoms with Crippen molar-refractivity contribution in [3.63, 3.8) is 0 Å². The number of aryl methyl sites for hydroxylation is 1. The van der Waals surface area contributed by atoms with Gasteiger partial charge in [-0.25, -0.2) is 0 Å². The molecule has 1 aliphatic carbocycles. The zero-order chi connectivity index (χ0) is 13.0. The Morgan fingerprint density at radius 1 is 1.61 bits per heavy atom. The molecule has 1 aromatic carbocycles. The zero-order valence-electron chi connectivity index (χ0n) is 10.9. The first-order valence-corrected chi connectivity index (χ1v) is 6.48. The smallest absolute Gasteiger partial charge is 0.115 e. The number of benzene rings is 1. The molecule has 0 aromatic heterocycles. The molecule has 2 unspecified atom stereocenters. The van der Waals surface area contributed by atoms with Gasteiger partial charge in [-0.15, -0.1) is 6.58 Å². The van der Waals surface area contributed by atoms with Crippen LogP contribution in [0.25, 0.3) is 0 Å². The second-order valence-electron chi connectivity index (χ2n) is 4.82. The van der Waals surface area contributed by atoms with E-state index < -0.39 is 0 Å². The molecule has 0 radical (unpaired) electrons. The monoisotopic (exact) mass is 247 g/mol. The summed E-state index contributed by atoms with van der Waals surface area (Å²) in [5.41, 5.74) is 2.57. The largest absolute Gasteiger partial charge is 0.508 e. The van der Waals surface area contributed by atoms with Crippen molar-refractivity contribution >= 4 is 0 Å². The Morgan fingerprint density at radius 2 is 2.44 bits per heavy atom. The zero-order valence-corrected chi connectivity index (χ0v) is 10.9. The minimum absolute atomic E-state index is 0.184. The molecule has 0 heterocycles. The molecular weight excluding hydrogens is 226 g/mol. The summed E-state index contributed by atoms with van der Waals surface area (Å²) < 4.78 is 5.54. The van der Waals surface area contributed by atoms with E-state index in [9.17, 15) is 5.11 Å². The van der Waals surface area contributed by atoms with Crippen molar-refractivity contribution in [3.05, 3.63) is 42.0 Å². The second kappa shape index (κ2) is 6.03. The van der Waals surface area contributed by atoms with Gasteiger partial charge in [0, 0.05) is 12.6 Å². The fourth-order valence-corrected chi connectivity index (χ4v) is 2.42. The lowest BCUT2D eigenvalue weighted by Gasteiger charge is -2.18. The highest BCUT2D eigenvalue weighted by Crippen LogP contribution is 2.33. The van der Waals surface area contributed by atoms with Gasteiger partial charge in [-0.1, -0.05) is 12.1 Å². The first-order valence-electron chi connectivity index (χ1n) is 6.48. The van der Waals surface area contributed by atoms with E-state index in [-0.39, 0.29) is 6.10 Å². The minimum atomic E-state index is 0.184. The van der Waals surface area contributed by atoms with Crippen molar-refractivity contribution in [2.24, 2.45) is 0 Å². The molecule has 3 heteroatoms. The quantitative estimate of drug-likeness (QED) is 0.759. The van der Waals surface area contributed by atoms with Gasteiger partial charge in [0.2, 0.25) is 0 Å². The molecule has 1 aromatic rings. The van der Waals surface area contributed by atoms with Crippen LogP contribution in [0.4, 0.5) is 0 Å². The number of fused-ring (bicyclic) bond motifs is 1. The van der Waals surface area contributed by atoms with Crippen LogP contribution in [0, 0.1) is 0 Å². The van der Waals surface area contributed by atoms with E-state index in [2.05, 4.69) is 18.8 Å². The van der Waals surface area contributed by atoms with Crippen LogP contribution < -0.4 is 5.32 Å². The Balaban J connectivity index is 1.88. The Hall–Kier alpha value is -1.32. The molecule has 0 spiro atoms. The third-order valence-electron chi connectivity index (χ3n) is 3.35. The Labute approximate surface area is 108 Å². The first-order chi connectivity index (χ1) is 8.70. The highest BCUT2D eigenvalue weighted by Gasteiger charge is 2.22. The van der Waals surface area contributed by atoms with Crippen LogP contribution in [0.2, 0.25) is 0 Å². The summed E-state index contributed by atoms with van der Waals surface area (Å²) in [7, 11) is 0. The van der Waals surface area contributed by atoms with E-state index >= 15 is 0 Å². The summed E-state index contributed by atoms with van der Waals surface area (Å²) in [6, 6.07) is 6.03. The molecule has 18 heavy (non-hydrogen) atoms. The van der Waals surface area contributed by atoms with Gasteiger partial charge >= 0.3 is 0 Å². The standard InChI is InChI=1S/C15H21NO2/c1-3-8-18-11(2)10-16-15-7-4-12-9-13(17)5-6-14(12)15/h3,5-6,9,11,15-17H,1,4,7-8,10H2,2H3. The summed E-state index contributed by atoms with van der Waals surface area (Å²) in [5, 5.41) is 13.0. The van der Waals surface area contributed by atoms with E-state index in [0.29, 0.717) is 18.4 Å². The molecule has 1 aliphatic rings. The topological polar surface area (TPSA) is 41.5 Å². The number of phenols is 1. The average Bonchev–Trinajstić information content (AvgIpc) is 2.76. The molecule has 2 rings (SSSR count). The molecule has 0 saturated heterocycles. The van der Waals surface area contributed by atoms with E-state index in [4.69, 9.17) is 4.74 Å². The highest BCUT2D eigenvalue weighted by atomic mass is 16.5. The van der Waals surface area contributed by atoms with Gasteiger partial charge in [-0.3, -0.25) is 0 Å². The number of nitrogens with one attached hydrogen (secondary N) is 1. The van der Waals surface area contributed by atoms with Gasteiger partial charge in [0.25, 0.3) is 0 Å². The minimum Gasteiger partial charge on any atom is -0.508 e. The van der Waals surface area contributed by atoms with Crippen LogP contribution in [0.5, 0.6) is 5.75 Å². The van der Waals surface area contributed by atoms with Crippen molar-refractivity contribution in [3.8, 4) is 5.75 Å². The lowest BCUT2D eigenvalue weighted by atomic mass is 10.1. The van der Waals surface area contributed by atoms with Gasteiger partial charge in [0.15, 0.2) is 0 Å². The predicted octanol–water partition coefficient (Wildman–Crippen LogP) is 2.56. The fourth-order valence-electron chi connectivity index (χ4n) is 2.42. The van der Waals surface area contributed by atoms with Gasteiger partial charge in [-0.05, 0) is 43.0 Å². The Bertz CT molecular complexity index is 417. The number of hydrogen-bond acceptors (Lipinski definition) is 3. The number of aromatic hydroxyl groups is 1. The van der Waals surface area contributed by atoms with Crippen molar-refractivity contribution < 1.29 is 9.84 Å². The third-order valence-corrected chi connectivity index (χ3v) is 3.35. The lowest BCUT2D eigenvalue weighted by Crippen LogP contribution is -2.29. The predicted molar refractivity (Wildman–Crippen MR) is 72.8 cm³/mol. The SMILES string of the molecule is C=CCOC(C)CNC1CCc2cc(O)ccc21. The lowest BCUT2D eigenvalue weighted by molar-refractivity contribution is 0.0856. The molecule has 0 amide bonds. The normalized spacial score (nSPS) is 19.5. The second-order valence-corrected chi connectivity index (χ2v) is 4.82. The van der Waals surface area contributed by atoms with E-state index in [0.717, 1.165) is 19.4 Å². The number of ether oxygens (including phenoxy) is 1. The number of phenolic OH excluding ortho intramolecular Hbond substituents is 1. The molecular formula is C15H21NO2. The van der Waals surface area contributed by atoms with Gasteiger partial charge in [0.1, 0.15) is 5.75 Å². The molecule has 2 atom stereocenters. The van der Waals surface area contributed by atoms with Crippen LogP contribution in [-0.4, -0.2) is 24.4 Å². The van der Waals surface area contributed by atoms with Crippen LogP contribution >= 0.6 is 0 Å². The van der Waals surface area contributed by atoms with Gasteiger partial charge < -0.3 is 15.2 Å². The van der Waals surface area contributed by atoms with E-state index in [1.165, 1.54) is 11.1 Å². The number of hydrogen-bond donors (Lipinski definition) is 2. The van der Waals surface area contributed by atoms with Crippen LogP contribution in [0.15, 0.2) is 30.9 Å². The fraction of sp³-hybridized carbons (Fsp3) is 0.467.